The van der Waals surface area contributed by atoms with Gasteiger partial charge >= 0.3 is 0 Å². The monoisotopic (exact) mass is 879 g/mol. The maximum Gasteiger partial charge on any atom is 0.0650 e. The Balaban J connectivity index is 1.19. The second kappa shape index (κ2) is 16.9. The zero-order chi connectivity index (χ0) is 45.7. The molecule has 0 spiro atoms. The molecule has 3 heteroatoms. The van der Waals surface area contributed by atoms with Crippen molar-refractivity contribution in [3.8, 4) is 84.2 Å². The maximum absolute atomic E-state index is 2.51. The average Bonchev–Trinajstić information content (AvgIpc) is 4.16. The standard InChI is InChI=1S/C66H45N3/c1-7-19-46(20-8-1)49-31-37-55(38-32-49)67-61(52-25-13-4-14-26-52)43-58-64(67)59-44-62(53-27-15-5-16-28-53)68(56-39-33-50(34-40-56)47-21-9-2-10-22-47)66(59)60-45-63(54-29-17-6-18-30-54)69(65(58)60)57-41-35-51(36-42-57)48-23-11-3-12-24-48/h1-45H. The molecule has 0 aliphatic heterocycles. The third-order valence-corrected chi connectivity index (χ3v) is 13.7. The molecular formula is C66H45N3. The van der Waals surface area contributed by atoms with Crippen LogP contribution in [0.4, 0.5) is 0 Å². The first-order valence-electron chi connectivity index (χ1n) is 23.7. The van der Waals surface area contributed by atoms with Crippen LogP contribution in [0.3, 0.4) is 0 Å². The molecule has 0 aliphatic rings. The number of nitrogens with zero attached hydrogens (tertiary/aromatic N) is 3. The van der Waals surface area contributed by atoms with Crippen LogP contribution in [-0.2, 0) is 0 Å². The SMILES string of the molecule is c1ccc(-c2ccc(-n3c(-c4ccccc4)cc4c3c3cc(-c5ccccc5)n(-c5ccc(-c6ccccc6)cc5)c3c3cc(-c5ccccc5)n(-c5ccc(-c6ccccc6)cc5)c43)cc2)cc1. The van der Waals surface area contributed by atoms with Crippen molar-refractivity contribution < 1.29 is 0 Å². The minimum atomic E-state index is 1.10. The lowest BCUT2D eigenvalue weighted by atomic mass is 10.0. The molecule has 69 heavy (non-hydrogen) atoms. The zero-order valence-electron chi connectivity index (χ0n) is 37.8. The second-order valence-electron chi connectivity index (χ2n) is 17.7. The number of aromatic nitrogens is 3. The lowest BCUT2D eigenvalue weighted by molar-refractivity contribution is 1.13. The van der Waals surface area contributed by atoms with E-state index in [1.807, 2.05) is 0 Å². The van der Waals surface area contributed by atoms with Gasteiger partial charge in [0.1, 0.15) is 0 Å². The molecule has 0 fully saturated rings. The topological polar surface area (TPSA) is 14.8 Å². The van der Waals surface area contributed by atoms with Crippen molar-refractivity contribution >= 4 is 32.7 Å². The summed E-state index contributed by atoms with van der Waals surface area (Å²) in [5, 5.41) is 3.52. The molecule has 0 saturated carbocycles. The first-order chi connectivity index (χ1) is 34.2. The van der Waals surface area contributed by atoms with Gasteiger partial charge < -0.3 is 13.7 Å². The number of benzene rings is 10. The Labute approximate surface area is 401 Å². The highest BCUT2D eigenvalue weighted by Gasteiger charge is 2.27. The van der Waals surface area contributed by atoms with Gasteiger partial charge in [-0.2, -0.15) is 0 Å². The number of hydrogen-bond donors (Lipinski definition) is 0. The van der Waals surface area contributed by atoms with E-state index in [1.165, 1.54) is 49.5 Å². The minimum absolute atomic E-state index is 1.10. The van der Waals surface area contributed by atoms with Gasteiger partial charge in [0.05, 0.1) is 33.6 Å². The average molecular weight is 880 g/mol. The molecule has 0 saturated heterocycles. The molecule has 0 radical (unpaired) electrons. The van der Waals surface area contributed by atoms with Crippen molar-refractivity contribution in [3.05, 3.63) is 273 Å². The molecule has 0 N–H and O–H groups in total. The highest BCUT2D eigenvalue weighted by atomic mass is 15.1. The van der Waals surface area contributed by atoms with Gasteiger partial charge in [-0.05, 0) is 105 Å². The molecule has 13 aromatic rings. The molecule has 0 bridgehead atoms. The van der Waals surface area contributed by atoms with E-state index in [9.17, 15) is 0 Å². The summed E-state index contributed by atoms with van der Waals surface area (Å²) in [6, 6.07) is 99.2. The van der Waals surface area contributed by atoms with Crippen LogP contribution in [0.15, 0.2) is 273 Å². The Morgan fingerprint density at radius 2 is 0.362 bits per heavy atom. The van der Waals surface area contributed by atoms with E-state index in [2.05, 4.69) is 287 Å². The normalized spacial score (nSPS) is 11.5. The van der Waals surface area contributed by atoms with E-state index >= 15 is 0 Å². The summed E-state index contributed by atoms with van der Waals surface area (Å²) in [6.45, 7) is 0. The smallest absolute Gasteiger partial charge is 0.0650 e. The fourth-order valence-electron chi connectivity index (χ4n) is 10.4. The van der Waals surface area contributed by atoms with Crippen molar-refractivity contribution in [2.45, 2.75) is 0 Å². The van der Waals surface area contributed by atoms with E-state index in [4.69, 9.17) is 0 Å². The van der Waals surface area contributed by atoms with Crippen LogP contribution in [0.1, 0.15) is 0 Å². The predicted molar refractivity (Wildman–Crippen MR) is 290 cm³/mol. The third-order valence-electron chi connectivity index (χ3n) is 13.7. The minimum Gasteiger partial charge on any atom is -0.309 e. The van der Waals surface area contributed by atoms with E-state index in [-0.39, 0.29) is 0 Å². The quantitative estimate of drug-likeness (QED) is 0.137. The van der Waals surface area contributed by atoms with Gasteiger partial charge in [0, 0.05) is 33.2 Å². The van der Waals surface area contributed by atoms with Crippen LogP contribution in [0.25, 0.3) is 117 Å². The molecule has 324 valence electrons. The fraction of sp³-hybridized carbons (Fsp3) is 0. The van der Waals surface area contributed by atoms with E-state index in [0.29, 0.717) is 0 Å². The summed E-state index contributed by atoms with van der Waals surface area (Å²) in [5.74, 6) is 0. The molecule has 0 aliphatic carbocycles. The van der Waals surface area contributed by atoms with Crippen LogP contribution in [0.5, 0.6) is 0 Å². The molecule has 3 heterocycles. The van der Waals surface area contributed by atoms with Gasteiger partial charge in [-0.15, -0.1) is 0 Å². The number of rotatable bonds is 9. The summed E-state index contributed by atoms with van der Waals surface area (Å²) in [4.78, 5) is 0. The molecule has 0 atom stereocenters. The Morgan fingerprint density at radius 1 is 0.174 bits per heavy atom. The van der Waals surface area contributed by atoms with Crippen molar-refractivity contribution in [3.63, 3.8) is 0 Å². The van der Waals surface area contributed by atoms with Gasteiger partial charge in [-0.3, -0.25) is 0 Å². The van der Waals surface area contributed by atoms with Crippen LogP contribution >= 0.6 is 0 Å². The summed E-state index contributed by atoms with van der Waals surface area (Å²) in [7, 11) is 0. The highest BCUT2D eigenvalue weighted by Crippen LogP contribution is 2.48. The lowest BCUT2D eigenvalue weighted by Crippen LogP contribution is -2.00. The molecule has 3 nitrogen and oxygen atoms in total. The zero-order valence-corrected chi connectivity index (χ0v) is 37.8. The summed E-state index contributed by atoms with van der Waals surface area (Å²) in [5.41, 5.74) is 20.7. The van der Waals surface area contributed by atoms with Gasteiger partial charge in [0.15, 0.2) is 0 Å². The Hall–Kier alpha value is -9.18. The third kappa shape index (κ3) is 6.99. The van der Waals surface area contributed by atoms with Gasteiger partial charge in [-0.25, -0.2) is 0 Å². The second-order valence-corrected chi connectivity index (χ2v) is 17.7. The summed E-state index contributed by atoms with van der Waals surface area (Å²) >= 11 is 0. The molecule has 0 amide bonds. The van der Waals surface area contributed by atoms with E-state index in [0.717, 1.165) is 67.4 Å². The number of fused-ring (bicyclic) bond motifs is 6. The molecule has 13 rings (SSSR count). The van der Waals surface area contributed by atoms with E-state index in [1.54, 1.807) is 0 Å². The predicted octanol–water partition coefficient (Wildman–Crippen LogP) is 17.5. The van der Waals surface area contributed by atoms with Crippen molar-refractivity contribution in [2.24, 2.45) is 0 Å². The molecular weight excluding hydrogens is 835 g/mol. The summed E-state index contributed by atoms with van der Waals surface area (Å²) in [6.07, 6.45) is 0. The Kier molecular flexibility index (Phi) is 9.84. The summed E-state index contributed by atoms with van der Waals surface area (Å²) < 4.78 is 7.53. The lowest BCUT2D eigenvalue weighted by Gasteiger charge is -2.16. The van der Waals surface area contributed by atoms with E-state index < -0.39 is 0 Å². The Bertz CT molecular complexity index is 3460. The van der Waals surface area contributed by atoms with Crippen LogP contribution in [0.2, 0.25) is 0 Å². The fourth-order valence-corrected chi connectivity index (χ4v) is 10.4. The number of hydrogen-bond acceptors (Lipinski definition) is 0. The van der Waals surface area contributed by atoms with Crippen LogP contribution < -0.4 is 0 Å². The molecule has 3 aromatic heterocycles. The van der Waals surface area contributed by atoms with Crippen LogP contribution in [-0.4, -0.2) is 13.7 Å². The van der Waals surface area contributed by atoms with Crippen molar-refractivity contribution in [1.29, 1.82) is 0 Å². The first kappa shape index (κ1) is 40.1. The van der Waals surface area contributed by atoms with Gasteiger partial charge in [0.2, 0.25) is 0 Å². The maximum atomic E-state index is 2.51. The van der Waals surface area contributed by atoms with Crippen molar-refractivity contribution in [2.75, 3.05) is 0 Å². The highest BCUT2D eigenvalue weighted by molar-refractivity contribution is 6.27. The van der Waals surface area contributed by atoms with Crippen molar-refractivity contribution in [1.82, 2.24) is 13.7 Å². The van der Waals surface area contributed by atoms with Gasteiger partial charge in [0.25, 0.3) is 0 Å². The largest absolute Gasteiger partial charge is 0.309 e. The Morgan fingerprint density at radius 3 is 0.580 bits per heavy atom. The molecule has 0 unspecified atom stereocenters. The molecule has 10 aromatic carbocycles. The first-order valence-corrected chi connectivity index (χ1v) is 23.7. The van der Waals surface area contributed by atoms with Gasteiger partial charge in [-0.1, -0.05) is 218 Å². The van der Waals surface area contributed by atoms with Crippen LogP contribution in [0, 0.1) is 0 Å².